The van der Waals surface area contributed by atoms with Gasteiger partial charge in [0.25, 0.3) is 0 Å². The Labute approximate surface area is 147 Å². The molecule has 4 N–H and O–H groups in total. The van der Waals surface area contributed by atoms with Gasteiger partial charge in [-0.1, -0.05) is 45.3 Å². The van der Waals surface area contributed by atoms with E-state index in [1.807, 2.05) is 0 Å². The van der Waals surface area contributed by atoms with Gasteiger partial charge < -0.3 is 20.4 Å². The van der Waals surface area contributed by atoms with Crippen LogP contribution in [0.2, 0.25) is 0 Å². The van der Waals surface area contributed by atoms with Gasteiger partial charge in [0, 0.05) is 13.2 Å². The van der Waals surface area contributed by atoms with E-state index in [2.05, 4.69) is 13.2 Å². The zero-order valence-electron chi connectivity index (χ0n) is 14.3. The van der Waals surface area contributed by atoms with Crippen molar-refractivity contribution < 1.29 is 30.0 Å². The van der Waals surface area contributed by atoms with Crippen molar-refractivity contribution in [2.75, 3.05) is 13.2 Å². The van der Waals surface area contributed by atoms with Crippen molar-refractivity contribution in [2.45, 2.75) is 44.9 Å². The first-order chi connectivity index (χ1) is 11.8. The highest BCUT2D eigenvalue weighted by molar-refractivity contribution is 5.90. The lowest BCUT2D eigenvalue weighted by atomic mass is 10.1. The van der Waals surface area contributed by atoms with Gasteiger partial charge in [-0.25, -0.2) is 9.59 Å². The van der Waals surface area contributed by atoms with E-state index in [0.717, 1.165) is 25.7 Å². The Hall–Kier alpha value is -2.68. The third-order valence-corrected chi connectivity index (χ3v) is 2.60. The van der Waals surface area contributed by atoms with Crippen molar-refractivity contribution in [2.24, 2.45) is 0 Å². The summed E-state index contributed by atoms with van der Waals surface area (Å²) in [6.07, 6.45) is 7.89. The first kappa shape index (κ1) is 27.2. The Bertz CT molecular complexity index is 444. The number of unbranched alkanes of at least 4 members (excludes halogenated alkanes) is 6. The Morgan fingerprint density at radius 2 is 0.920 bits per heavy atom. The van der Waals surface area contributed by atoms with E-state index in [0.29, 0.717) is 13.2 Å². The van der Waals surface area contributed by atoms with Gasteiger partial charge in [-0.05, 0) is 12.8 Å². The van der Waals surface area contributed by atoms with Gasteiger partial charge in [-0.2, -0.15) is 10.5 Å². The SMILES string of the molecule is C=C(C#N)C(=O)O.C=C(C#N)C(=O)O.OCCCCCCCCCO. The lowest BCUT2D eigenvalue weighted by Crippen LogP contribution is -1.94. The van der Waals surface area contributed by atoms with Crippen LogP contribution in [0.5, 0.6) is 0 Å². The number of carboxylic acids is 2. The molecule has 140 valence electrons. The molecule has 0 heterocycles. The third kappa shape index (κ3) is 26.5. The molecule has 0 radical (unpaired) electrons. The van der Waals surface area contributed by atoms with Crippen LogP contribution in [0.4, 0.5) is 0 Å². The number of hydrogen-bond acceptors (Lipinski definition) is 6. The summed E-state index contributed by atoms with van der Waals surface area (Å²) in [6.45, 7) is 6.48. The van der Waals surface area contributed by atoms with Gasteiger partial charge in [-0.3, -0.25) is 0 Å². The van der Waals surface area contributed by atoms with E-state index < -0.39 is 23.1 Å². The lowest BCUT2D eigenvalue weighted by Gasteiger charge is -1.98. The molecule has 0 spiro atoms. The van der Waals surface area contributed by atoms with Crippen molar-refractivity contribution in [3.63, 3.8) is 0 Å². The third-order valence-electron chi connectivity index (χ3n) is 2.60. The first-order valence-corrected chi connectivity index (χ1v) is 7.64. The van der Waals surface area contributed by atoms with Gasteiger partial charge in [0.05, 0.1) is 0 Å². The molecule has 0 amide bonds. The van der Waals surface area contributed by atoms with E-state index in [1.54, 1.807) is 0 Å². The van der Waals surface area contributed by atoms with Crippen LogP contribution in [0.1, 0.15) is 44.9 Å². The molecule has 0 aliphatic rings. The quantitative estimate of drug-likeness (QED) is 0.263. The highest BCUT2D eigenvalue weighted by Crippen LogP contribution is 2.06. The van der Waals surface area contributed by atoms with E-state index in [9.17, 15) is 9.59 Å². The number of nitrogens with zero attached hydrogens (tertiary/aromatic N) is 2. The summed E-state index contributed by atoms with van der Waals surface area (Å²) in [5.41, 5.74) is -0.861. The van der Waals surface area contributed by atoms with E-state index in [1.165, 1.54) is 31.4 Å². The minimum atomic E-state index is -1.26. The van der Waals surface area contributed by atoms with Gasteiger partial charge >= 0.3 is 11.9 Å². The Balaban J connectivity index is -0.000000304. The largest absolute Gasteiger partial charge is 0.477 e. The maximum atomic E-state index is 9.61. The fourth-order valence-electron chi connectivity index (χ4n) is 1.20. The summed E-state index contributed by atoms with van der Waals surface area (Å²) in [4.78, 5) is 19.2. The van der Waals surface area contributed by atoms with Crippen molar-refractivity contribution in [3.05, 3.63) is 24.3 Å². The highest BCUT2D eigenvalue weighted by atomic mass is 16.4. The summed E-state index contributed by atoms with van der Waals surface area (Å²) < 4.78 is 0. The highest BCUT2D eigenvalue weighted by Gasteiger charge is 1.98. The molecule has 0 rings (SSSR count). The normalized spacial score (nSPS) is 8.32. The van der Waals surface area contributed by atoms with Gasteiger partial charge in [-0.15, -0.1) is 0 Å². The molecule has 0 saturated carbocycles. The molecule has 8 nitrogen and oxygen atoms in total. The van der Waals surface area contributed by atoms with Crippen LogP contribution in [0.15, 0.2) is 24.3 Å². The maximum absolute atomic E-state index is 9.61. The second kappa shape index (κ2) is 21.3. The summed E-state index contributed by atoms with van der Waals surface area (Å²) >= 11 is 0. The second-order valence-electron chi connectivity index (χ2n) is 4.71. The Kier molecular flexibility index (Phi) is 23.2. The molecule has 0 aliphatic heterocycles. The zero-order chi connectivity index (χ0) is 20.1. The minimum Gasteiger partial charge on any atom is -0.477 e. The van der Waals surface area contributed by atoms with Crippen molar-refractivity contribution >= 4 is 11.9 Å². The van der Waals surface area contributed by atoms with Crippen molar-refractivity contribution in [1.82, 2.24) is 0 Å². The number of aliphatic hydroxyl groups excluding tert-OH is 2. The Morgan fingerprint density at radius 1 is 0.680 bits per heavy atom. The van der Waals surface area contributed by atoms with Gasteiger partial charge in [0.1, 0.15) is 23.3 Å². The number of carboxylic acid groups (broad SMARTS) is 2. The molecular weight excluding hydrogens is 328 g/mol. The second-order valence-corrected chi connectivity index (χ2v) is 4.71. The van der Waals surface area contributed by atoms with Crippen LogP contribution in [0.25, 0.3) is 0 Å². The maximum Gasteiger partial charge on any atom is 0.345 e. The number of nitriles is 2. The van der Waals surface area contributed by atoms with Crippen molar-refractivity contribution in [3.8, 4) is 12.1 Å². The van der Waals surface area contributed by atoms with Crippen LogP contribution in [0, 0.1) is 22.7 Å². The van der Waals surface area contributed by atoms with E-state index in [4.69, 9.17) is 30.9 Å². The predicted octanol–water partition coefficient (Wildman–Crippen LogP) is 2.00. The molecular formula is C17H26N2O6. The van der Waals surface area contributed by atoms with Crippen LogP contribution in [0.3, 0.4) is 0 Å². The van der Waals surface area contributed by atoms with E-state index in [-0.39, 0.29) is 0 Å². The van der Waals surface area contributed by atoms with E-state index >= 15 is 0 Å². The van der Waals surface area contributed by atoms with Crippen LogP contribution in [-0.2, 0) is 9.59 Å². The molecule has 0 aromatic heterocycles. The first-order valence-electron chi connectivity index (χ1n) is 7.64. The fraction of sp³-hybridized carbons (Fsp3) is 0.529. The monoisotopic (exact) mass is 354 g/mol. The van der Waals surface area contributed by atoms with Gasteiger partial charge in [0.2, 0.25) is 0 Å². The molecule has 0 aromatic carbocycles. The Morgan fingerprint density at radius 3 is 1.04 bits per heavy atom. The average molecular weight is 354 g/mol. The molecule has 8 heteroatoms. The molecule has 0 aliphatic carbocycles. The number of aliphatic hydroxyl groups is 2. The molecule has 0 saturated heterocycles. The lowest BCUT2D eigenvalue weighted by molar-refractivity contribution is -0.133. The summed E-state index contributed by atoms with van der Waals surface area (Å²) in [5, 5.41) is 48.2. The number of rotatable bonds is 10. The zero-order valence-corrected chi connectivity index (χ0v) is 14.3. The average Bonchev–Trinajstić information content (AvgIpc) is 2.60. The fourth-order valence-corrected chi connectivity index (χ4v) is 1.20. The van der Waals surface area contributed by atoms with Crippen molar-refractivity contribution in [1.29, 1.82) is 10.5 Å². The molecule has 0 fully saturated rings. The number of aliphatic carboxylic acids is 2. The number of carbonyl (C=O) groups is 2. The van der Waals surface area contributed by atoms with Crippen LogP contribution < -0.4 is 0 Å². The molecule has 25 heavy (non-hydrogen) atoms. The molecule has 0 aromatic rings. The molecule has 0 atom stereocenters. The summed E-state index contributed by atoms with van der Waals surface area (Å²) in [7, 11) is 0. The smallest absolute Gasteiger partial charge is 0.345 e. The topological polar surface area (TPSA) is 163 Å². The number of hydrogen-bond donors (Lipinski definition) is 4. The molecule has 0 unspecified atom stereocenters. The summed E-state index contributed by atoms with van der Waals surface area (Å²) in [5.74, 6) is -2.52. The summed E-state index contributed by atoms with van der Waals surface area (Å²) in [6, 6.07) is 2.74. The molecule has 0 bridgehead atoms. The predicted molar refractivity (Wildman–Crippen MR) is 91.3 cm³/mol. The van der Waals surface area contributed by atoms with Crippen LogP contribution >= 0.6 is 0 Å². The van der Waals surface area contributed by atoms with Gasteiger partial charge in [0.15, 0.2) is 0 Å². The van der Waals surface area contributed by atoms with Crippen LogP contribution in [-0.4, -0.2) is 45.6 Å². The standard InChI is InChI=1S/C9H20O2.2C4H3NO2/c10-8-6-4-2-1-3-5-7-9-11;2*1-3(2-5)4(6)7/h10-11H,1-9H2;2*1H2,(H,6,7). The minimum absolute atomic E-state index is 0.330.